The maximum atomic E-state index is 11.3. The van der Waals surface area contributed by atoms with Crippen molar-refractivity contribution in [1.29, 1.82) is 0 Å². The molecular formula is C9H16O4. The summed E-state index contributed by atoms with van der Waals surface area (Å²) >= 11 is 0. The first-order valence-corrected chi connectivity index (χ1v) is 4.16. The third-order valence-electron chi connectivity index (χ3n) is 1.93. The van der Waals surface area contributed by atoms with Crippen molar-refractivity contribution in [2.24, 2.45) is 5.92 Å². The summed E-state index contributed by atoms with van der Waals surface area (Å²) < 4.78 is 9.36. The summed E-state index contributed by atoms with van der Waals surface area (Å²) in [5.41, 5.74) is 0. The smallest absolute Gasteiger partial charge is 0.315 e. The second kappa shape index (κ2) is 5.70. The molecule has 0 radical (unpaired) electrons. The topological polar surface area (TPSA) is 52.6 Å². The lowest BCUT2D eigenvalue weighted by Gasteiger charge is -2.11. The van der Waals surface area contributed by atoms with E-state index in [9.17, 15) is 9.59 Å². The standard InChI is InChI=1S/C9H16O4/c1-6(12-3)5-8(10)7(2)9(11)13-4/h6-7H,5H2,1-4H3. The number of hydrogen-bond donors (Lipinski definition) is 0. The lowest BCUT2D eigenvalue weighted by atomic mass is 10.0. The fourth-order valence-corrected chi connectivity index (χ4v) is 0.852. The van der Waals surface area contributed by atoms with E-state index in [4.69, 9.17) is 4.74 Å². The Morgan fingerprint density at radius 3 is 2.15 bits per heavy atom. The van der Waals surface area contributed by atoms with Gasteiger partial charge in [-0.3, -0.25) is 9.59 Å². The molecule has 2 atom stereocenters. The van der Waals surface area contributed by atoms with Crippen LogP contribution in [0, 0.1) is 5.92 Å². The Kier molecular flexibility index (Phi) is 5.30. The number of rotatable bonds is 5. The van der Waals surface area contributed by atoms with E-state index in [-0.39, 0.29) is 18.3 Å². The van der Waals surface area contributed by atoms with Crippen LogP contribution in [0.15, 0.2) is 0 Å². The zero-order valence-corrected chi connectivity index (χ0v) is 8.49. The summed E-state index contributed by atoms with van der Waals surface area (Å²) in [7, 11) is 2.80. The SMILES string of the molecule is COC(=O)C(C)C(=O)CC(C)OC. The second-order valence-corrected chi connectivity index (χ2v) is 2.96. The first-order chi connectivity index (χ1) is 6.02. The van der Waals surface area contributed by atoms with Crippen molar-refractivity contribution >= 4 is 11.8 Å². The highest BCUT2D eigenvalue weighted by atomic mass is 16.5. The summed E-state index contributed by atoms with van der Waals surface area (Å²) in [5, 5.41) is 0. The molecule has 4 nitrogen and oxygen atoms in total. The van der Waals surface area contributed by atoms with Gasteiger partial charge in [-0.2, -0.15) is 0 Å². The van der Waals surface area contributed by atoms with Crippen molar-refractivity contribution in [3.63, 3.8) is 0 Å². The van der Waals surface area contributed by atoms with Gasteiger partial charge in [-0.05, 0) is 13.8 Å². The summed E-state index contributed by atoms with van der Waals surface area (Å²) in [4.78, 5) is 22.3. The highest BCUT2D eigenvalue weighted by Crippen LogP contribution is 2.06. The summed E-state index contributed by atoms with van der Waals surface area (Å²) in [6.07, 6.45) is 0.0897. The molecule has 0 N–H and O–H groups in total. The van der Waals surface area contributed by atoms with E-state index in [0.29, 0.717) is 0 Å². The van der Waals surface area contributed by atoms with Crippen LogP contribution in [0.2, 0.25) is 0 Å². The highest BCUT2D eigenvalue weighted by molar-refractivity contribution is 5.98. The Morgan fingerprint density at radius 2 is 1.77 bits per heavy atom. The Labute approximate surface area is 78.2 Å². The van der Waals surface area contributed by atoms with Gasteiger partial charge in [0.25, 0.3) is 0 Å². The van der Waals surface area contributed by atoms with E-state index in [1.54, 1.807) is 6.92 Å². The third kappa shape index (κ3) is 4.03. The minimum Gasteiger partial charge on any atom is -0.468 e. The van der Waals surface area contributed by atoms with Gasteiger partial charge in [-0.1, -0.05) is 0 Å². The third-order valence-corrected chi connectivity index (χ3v) is 1.93. The maximum absolute atomic E-state index is 11.3. The molecule has 0 aliphatic rings. The maximum Gasteiger partial charge on any atom is 0.315 e. The fraction of sp³-hybridized carbons (Fsp3) is 0.778. The van der Waals surface area contributed by atoms with Gasteiger partial charge in [-0.15, -0.1) is 0 Å². The van der Waals surface area contributed by atoms with Crippen LogP contribution in [0.25, 0.3) is 0 Å². The number of Topliss-reactive ketones (excluding diaryl/α,β-unsaturated/α-hetero) is 1. The summed E-state index contributed by atoms with van der Waals surface area (Å²) in [5.74, 6) is -1.34. The zero-order valence-electron chi connectivity index (χ0n) is 8.49. The van der Waals surface area contributed by atoms with Crippen molar-refractivity contribution in [3.8, 4) is 0 Å². The number of methoxy groups -OCH3 is 2. The second-order valence-electron chi connectivity index (χ2n) is 2.96. The average molecular weight is 188 g/mol. The molecule has 0 aliphatic heterocycles. The minimum atomic E-state index is -0.692. The molecule has 0 aliphatic carbocycles. The molecule has 0 heterocycles. The number of ether oxygens (including phenoxy) is 2. The molecule has 0 rings (SSSR count). The van der Waals surface area contributed by atoms with Crippen LogP contribution in [0.4, 0.5) is 0 Å². The van der Waals surface area contributed by atoms with Gasteiger partial charge >= 0.3 is 5.97 Å². The van der Waals surface area contributed by atoms with E-state index in [1.165, 1.54) is 21.1 Å². The van der Waals surface area contributed by atoms with Crippen molar-refractivity contribution in [3.05, 3.63) is 0 Å². The van der Waals surface area contributed by atoms with Crippen LogP contribution in [-0.4, -0.2) is 32.1 Å². The molecule has 0 amide bonds. The number of carbonyl (C=O) groups is 2. The molecule has 2 unspecified atom stereocenters. The van der Waals surface area contributed by atoms with Crippen LogP contribution in [-0.2, 0) is 19.1 Å². The van der Waals surface area contributed by atoms with E-state index in [1.807, 2.05) is 0 Å². The fourth-order valence-electron chi connectivity index (χ4n) is 0.852. The van der Waals surface area contributed by atoms with Crippen LogP contribution in [0.5, 0.6) is 0 Å². The van der Waals surface area contributed by atoms with Crippen molar-refractivity contribution in [2.45, 2.75) is 26.4 Å². The van der Waals surface area contributed by atoms with Gasteiger partial charge < -0.3 is 9.47 Å². The van der Waals surface area contributed by atoms with Gasteiger partial charge in [0.2, 0.25) is 0 Å². The van der Waals surface area contributed by atoms with Crippen molar-refractivity contribution < 1.29 is 19.1 Å². The molecule has 0 saturated carbocycles. The molecule has 0 bridgehead atoms. The molecule has 0 aromatic rings. The molecule has 13 heavy (non-hydrogen) atoms. The molecule has 0 fully saturated rings. The molecule has 76 valence electrons. The summed E-state index contributed by atoms with van der Waals surface area (Å²) in [6, 6.07) is 0. The van der Waals surface area contributed by atoms with Crippen molar-refractivity contribution in [1.82, 2.24) is 0 Å². The molecule has 0 aromatic heterocycles. The average Bonchev–Trinajstić information content (AvgIpc) is 2.14. The van der Waals surface area contributed by atoms with Crippen LogP contribution < -0.4 is 0 Å². The Hall–Kier alpha value is -0.900. The molecular weight excluding hydrogens is 172 g/mol. The van der Waals surface area contributed by atoms with Gasteiger partial charge in [0.15, 0.2) is 0 Å². The minimum absolute atomic E-state index is 0.152. The van der Waals surface area contributed by atoms with E-state index >= 15 is 0 Å². The molecule has 0 aromatic carbocycles. The van der Waals surface area contributed by atoms with E-state index < -0.39 is 11.9 Å². The Morgan fingerprint density at radius 1 is 1.23 bits per heavy atom. The predicted molar refractivity (Wildman–Crippen MR) is 47.3 cm³/mol. The van der Waals surface area contributed by atoms with Crippen LogP contribution >= 0.6 is 0 Å². The monoisotopic (exact) mass is 188 g/mol. The predicted octanol–water partition coefficient (Wildman–Crippen LogP) is 0.790. The first kappa shape index (κ1) is 12.1. The quantitative estimate of drug-likeness (QED) is 0.473. The normalized spacial score (nSPS) is 14.8. The van der Waals surface area contributed by atoms with E-state index in [0.717, 1.165) is 0 Å². The number of ketones is 1. The Bertz CT molecular complexity index is 188. The highest BCUT2D eigenvalue weighted by Gasteiger charge is 2.23. The van der Waals surface area contributed by atoms with E-state index in [2.05, 4.69) is 4.74 Å². The summed E-state index contributed by atoms with van der Waals surface area (Å²) in [6.45, 7) is 3.32. The number of esters is 1. The van der Waals surface area contributed by atoms with Crippen LogP contribution in [0.1, 0.15) is 20.3 Å². The molecule has 0 spiro atoms. The lowest BCUT2D eigenvalue weighted by molar-refractivity contribution is -0.149. The molecule has 4 heteroatoms. The first-order valence-electron chi connectivity index (χ1n) is 4.16. The van der Waals surface area contributed by atoms with Gasteiger partial charge in [0.1, 0.15) is 11.7 Å². The van der Waals surface area contributed by atoms with Gasteiger partial charge in [-0.25, -0.2) is 0 Å². The molecule has 0 saturated heterocycles. The van der Waals surface area contributed by atoms with Gasteiger partial charge in [0.05, 0.1) is 13.2 Å². The van der Waals surface area contributed by atoms with Crippen molar-refractivity contribution in [2.75, 3.05) is 14.2 Å². The Balaban J connectivity index is 4.03. The number of carbonyl (C=O) groups excluding carboxylic acids is 2. The largest absolute Gasteiger partial charge is 0.468 e. The zero-order chi connectivity index (χ0) is 10.4. The lowest BCUT2D eigenvalue weighted by Crippen LogP contribution is -2.25. The van der Waals surface area contributed by atoms with Crippen LogP contribution in [0.3, 0.4) is 0 Å². The number of hydrogen-bond acceptors (Lipinski definition) is 4. The van der Waals surface area contributed by atoms with Gasteiger partial charge in [0, 0.05) is 13.5 Å².